The fourth-order valence-corrected chi connectivity index (χ4v) is 1.54. The maximum Gasteiger partial charge on any atom is 0.325 e. The van der Waals surface area contributed by atoms with Crippen molar-refractivity contribution >= 4 is 23.5 Å². The molecule has 0 unspecified atom stereocenters. The Morgan fingerprint density at radius 1 is 1.37 bits per heavy atom. The Kier molecular flexibility index (Phi) is 3.48. The first kappa shape index (κ1) is 13.0. The van der Waals surface area contributed by atoms with Gasteiger partial charge in [0.25, 0.3) is 5.56 Å². The smallest absolute Gasteiger partial charge is 0.325 e. The molecule has 0 amide bonds. The number of nitrogens with zero attached hydrogens (tertiary/aromatic N) is 1. The highest BCUT2D eigenvalue weighted by molar-refractivity contribution is 6.32. The normalized spacial score (nSPS) is 11.1. The van der Waals surface area contributed by atoms with Crippen LogP contribution in [0.3, 0.4) is 0 Å². The van der Waals surface area contributed by atoms with Crippen molar-refractivity contribution in [3.8, 4) is 5.75 Å². The Balaban J connectivity index is 2.43. The van der Waals surface area contributed by atoms with Crippen LogP contribution in [-0.4, -0.2) is 21.3 Å². The van der Waals surface area contributed by atoms with Gasteiger partial charge < -0.3 is 10.1 Å². The highest BCUT2D eigenvalue weighted by atomic mass is 35.5. The Morgan fingerprint density at radius 3 is 2.79 bits per heavy atom. The van der Waals surface area contributed by atoms with Gasteiger partial charge >= 0.3 is 5.69 Å². The van der Waals surface area contributed by atoms with Crippen molar-refractivity contribution in [2.45, 2.75) is 0 Å². The molecule has 0 aliphatic rings. The van der Waals surface area contributed by atoms with Gasteiger partial charge in [-0.15, -0.1) is 0 Å². The number of aromatic amines is 2. The van der Waals surface area contributed by atoms with Gasteiger partial charge in [0, 0.05) is 18.0 Å². The van der Waals surface area contributed by atoms with E-state index in [1.165, 1.54) is 0 Å². The van der Waals surface area contributed by atoms with Crippen molar-refractivity contribution in [3.63, 3.8) is 0 Å². The third kappa shape index (κ3) is 2.89. The predicted molar refractivity (Wildman–Crippen MR) is 68.0 cm³/mol. The second kappa shape index (κ2) is 5.07. The summed E-state index contributed by atoms with van der Waals surface area (Å²) in [5.74, 6) is -1.01. The van der Waals surface area contributed by atoms with E-state index in [4.69, 9.17) is 11.6 Å². The van der Waals surface area contributed by atoms with Crippen LogP contribution in [0.1, 0.15) is 5.56 Å². The molecule has 0 saturated carbocycles. The molecule has 8 heteroatoms. The minimum absolute atomic E-state index is 0.00981. The summed E-state index contributed by atoms with van der Waals surface area (Å²) in [5, 5.41) is 9.41. The van der Waals surface area contributed by atoms with Crippen LogP contribution >= 0.6 is 11.6 Å². The molecule has 2 rings (SSSR count). The molecule has 0 spiro atoms. The zero-order chi connectivity index (χ0) is 14.0. The van der Waals surface area contributed by atoms with Crippen LogP contribution in [0.2, 0.25) is 5.02 Å². The summed E-state index contributed by atoms with van der Waals surface area (Å²) in [6, 6.07) is 1.95. The van der Waals surface area contributed by atoms with E-state index >= 15 is 0 Å². The zero-order valence-electron chi connectivity index (χ0n) is 9.28. The first-order chi connectivity index (χ1) is 8.97. The SMILES string of the molecule is O=c1[nH]cc(N=Cc2cc(F)cc(Cl)c2O)c(=O)[nH]1. The minimum Gasteiger partial charge on any atom is -0.506 e. The van der Waals surface area contributed by atoms with Crippen molar-refractivity contribution in [2.24, 2.45) is 4.99 Å². The van der Waals surface area contributed by atoms with E-state index in [1.807, 2.05) is 4.98 Å². The molecule has 2 aromatic rings. The van der Waals surface area contributed by atoms with E-state index in [1.54, 1.807) is 0 Å². The third-order valence-electron chi connectivity index (χ3n) is 2.20. The molecule has 0 saturated heterocycles. The Labute approximate surface area is 110 Å². The van der Waals surface area contributed by atoms with E-state index in [0.29, 0.717) is 0 Å². The Bertz CT molecular complexity index is 767. The van der Waals surface area contributed by atoms with Crippen molar-refractivity contribution in [1.82, 2.24) is 9.97 Å². The van der Waals surface area contributed by atoms with E-state index in [9.17, 15) is 19.1 Å². The average molecular weight is 284 g/mol. The number of benzene rings is 1. The lowest BCUT2D eigenvalue weighted by atomic mass is 10.2. The van der Waals surface area contributed by atoms with Gasteiger partial charge in [-0.1, -0.05) is 11.6 Å². The standard InChI is InChI=1S/C11H7ClFN3O3/c12-7-2-6(13)1-5(9(7)17)3-14-8-4-15-11(19)16-10(8)18/h1-4,17H,(H2,15,16,18,19). The molecule has 0 aliphatic heterocycles. The van der Waals surface area contributed by atoms with Crippen LogP contribution < -0.4 is 11.2 Å². The molecule has 1 heterocycles. The number of hydrogen-bond acceptors (Lipinski definition) is 4. The molecule has 0 atom stereocenters. The van der Waals surface area contributed by atoms with Crippen LogP contribution in [0.25, 0.3) is 0 Å². The zero-order valence-corrected chi connectivity index (χ0v) is 10.0. The molecule has 0 bridgehead atoms. The van der Waals surface area contributed by atoms with E-state index in [0.717, 1.165) is 24.5 Å². The molecule has 0 radical (unpaired) electrons. The third-order valence-corrected chi connectivity index (χ3v) is 2.49. The number of aliphatic imine (C=N–C) groups is 1. The lowest BCUT2D eigenvalue weighted by molar-refractivity contribution is 0.472. The second-order valence-electron chi connectivity index (χ2n) is 3.54. The monoisotopic (exact) mass is 283 g/mol. The maximum atomic E-state index is 13.1. The van der Waals surface area contributed by atoms with Gasteiger partial charge in [-0.2, -0.15) is 0 Å². The molecular formula is C11H7ClFN3O3. The van der Waals surface area contributed by atoms with Crippen LogP contribution in [0.15, 0.2) is 32.9 Å². The van der Waals surface area contributed by atoms with Crippen molar-refractivity contribution in [1.29, 1.82) is 0 Å². The second-order valence-corrected chi connectivity index (χ2v) is 3.95. The Morgan fingerprint density at radius 2 is 2.11 bits per heavy atom. The number of rotatable bonds is 2. The van der Waals surface area contributed by atoms with Gasteiger partial charge in [0.2, 0.25) is 0 Å². The highest BCUT2D eigenvalue weighted by Crippen LogP contribution is 2.27. The highest BCUT2D eigenvalue weighted by Gasteiger charge is 2.07. The molecule has 1 aromatic heterocycles. The number of phenols is 1. The fourth-order valence-electron chi connectivity index (χ4n) is 1.32. The molecule has 98 valence electrons. The summed E-state index contributed by atoms with van der Waals surface area (Å²) < 4.78 is 13.1. The number of phenolic OH excluding ortho intramolecular Hbond substituents is 1. The largest absolute Gasteiger partial charge is 0.506 e. The van der Waals surface area contributed by atoms with Crippen LogP contribution in [0, 0.1) is 5.82 Å². The van der Waals surface area contributed by atoms with E-state index < -0.39 is 17.1 Å². The summed E-state index contributed by atoms with van der Waals surface area (Å²) in [6.45, 7) is 0. The first-order valence-corrected chi connectivity index (χ1v) is 5.39. The molecule has 3 N–H and O–H groups in total. The number of hydrogen-bond donors (Lipinski definition) is 3. The van der Waals surface area contributed by atoms with Crippen molar-refractivity contribution in [2.75, 3.05) is 0 Å². The molecule has 0 aliphatic carbocycles. The topological polar surface area (TPSA) is 98.3 Å². The molecule has 6 nitrogen and oxygen atoms in total. The summed E-state index contributed by atoms with van der Waals surface area (Å²) in [7, 11) is 0. The maximum absolute atomic E-state index is 13.1. The summed E-state index contributed by atoms with van der Waals surface area (Å²) in [6.07, 6.45) is 2.16. The van der Waals surface area contributed by atoms with Crippen molar-refractivity contribution < 1.29 is 9.50 Å². The molecule has 0 fully saturated rings. The Hall–Kier alpha value is -2.41. The molecular weight excluding hydrogens is 277 g/mol. The summed E-state index contributed by atoms with van der Waals surface area (Å²) in [5.41, 5.74) is -1.46. The number of aromatic hydroxyl groups is 1. The van der Waals surface area contributed by atoms with Gasteiger partial charge in [-0.25, -0.2) is 14.2 Å². The van der Waals surface area contributed by atoms with Gasteiger partial charge in [-0.3, -0.25) is 9.78 Å². The number of halogens is 2. The minimum atomic E-state index is -0.706. The average Bonchev–Trinajstić information content (AvgIpc) is 2.33. The number of nitrogens with one attached hydrogen (secondary N) is 2. The lowest BCUT2D eigenvalue weighted by Gasteiger charge is -2.01. The fraction of sp³-hybridized carbons (Fsp3) is 0. The van der Waals surface area contributed by atoms with E-state index in [-0.39, 0.29) is 22.0 Å². The van der Waals surface area contributed by atoms with Crippen LogP contribution in [0.5, 0.6) is 5.75 Å². The lowest BCUT2D eigenvalue weighted by Crippen LogP contribution is -2.20. The van der Waals surface area contributed by atoms with Crippen LogP contribution in [0.4, 0.5) is 10.1 Å². The van der Waals surface area contributed by atoms with Crippen LogP contribution in [-0.2, 0) is 0 Å². The quantitative estimate of drug-likeness (QED) is 0.725. The number of H-pyrrole nitrogens is 2. The molecule has 19 heavy (non-hydrogen) atoms. The van der Waals surface area contributed by atoms with Gasteiger partial charge in [0.1, 0.15) is 17.3 Å². The number of aromatic nitrogens is 2. The van der Waals surface area contributed by atoms with E-state index in [2.05, 4.69) is 9.98 Å². The summed E-state index contributed by atoms with van der Waals surface area (Å²) in [4.78, 5) is 30.1. The molecule has 1 aromatic carbocycles. The summed E-state index contributed by atoms with van der Waals surface area (Å²) >= 11 is 5.59. The van der Waals surface area contributed by atoms with Gasteiger partial charge in [-0.05, 0) is 12.1 Å². The van der Waals surface area contributed by atoms with Crippen molar-refractivity contribution in [3.05, 3.63) is 55.6 Å². The van der Waals surface area contributed by atoms with Gasteiger partial charge in [0.15, 0.2) is 0 Å². The van der Waals surface area contributed by atoms with Gasteiger partial charge in [0.05, 0.1) is 5.02 Å². The first-order valence-electron chi connectivity index (χ1n) is 5.01. The predicted octanol–water partition coefficient (Wildman–Crippen LogP) is 1.31.